The van der Waals surface area contributed by atoms with Crippen LogP contribution in [0.1, 0.15) is 131 Å². The number of carbonyl (C=O) groups is 1. The van der Waals surface area contributed by atoms with Crippen molar-refractivity contribution < 1.29 is 9.53 Å². The highest BCUT2D eigenvalue weighted by Crippen LogP contribution is 2.67. The molecule has 2 nitrogen and oxygen atoms in total. The highest BCUT2D eigenvalue weighted by atomic mass is 16.5. The van der Waals surface area contributed by atoms with Crippen molar-refractivity contribution in [2.75, 3.05) is 0 Å². The number of allylic oxidation sites excluding steroid dienone is 1. The molecule has 5 aliphatic rings. The van der Waals surface area contributed by atoms with Gasteiger partial charge in [-0.25, -0.2) is 0 Å². The third kappa shape index (κ3) is 4.79. The van der Waals surface area contributed by atoms with Gasteiger partial charge in [-0.2, -0.15) is 0 Å². The van der Waals surface area contributed by atoms with E-state index in [1.54, 1.807) is 5.57 Å². The fourth-order valence-corrected chi connectivity index (χ4v) is 10.2. The second-order valence-corrected chi connectivity index (χ2v) is 14.6. The first-order valence-electron chi connectivity index (χ1n) is 15.6. The molecule has 0 N–H and O–H groups in total. The Morgan fingerprint density at radius 1 is 0.971 bits per heavy atom. The standard InChI is InChI=1S/C33H54O2/c1-22(2)9-8-10-23(3)28-15-16-29-27-14-13-25-21-26(35-31(34)24-11-6-7-12-24)17-19-32(25,4)30(27)18-20-33(28,29)5/h13,22-24,26-30H,6-12,14-21H2,1-5H3/t23-,26-,27+,28-,29+,30+,32+,33-/m1/s1. The van der Waals surface area contributed by atoms with Gasteiger partial charge in [-0.1, -0.05) is 78.4 Å². The summed E-state index contributed by atoms with van der Waals surface area (Å²) in [5.74, 6) is 5.61. The Labute approximate surface area is 216 Å². The number of rotatable bonds is 7. The lowest BCUT2D eigenvalue weighted by atomic mass is 9.47. The van der Waals surface area contributed by atoms with Crippen LogP contribution < -0.4 is 0 Å². The molecule has 4 saturated carbocycles. The predicted molar refractivity (Wildman–Crippen MR) is 145 cm³/mol. The van der Waals surface area contributed by atoms with Gasteiger partial charge in [0, 0.05) is 6.42 Å². The van der Waals surface area contributed by atoms with E-state index < -0.39 is 0 Å². The van der Waals surface area contributed by atoms with Crippen LogP contribution in [0.4, 0.5) is 0 Å². The van der Waals surface area contributed by atoms with Crippen LogP contribution in [-0.4, -0.2) is 12.1 Å². The molecule has 5 rings (SSSR count). The van der Waals surface area contributed by atoms with Gasteiger partial charge in [0.25, 0.3) is 0 Å². The fraction of sp³-hybridized carbons (Fsp3) is 0.909. The minimum Gasteiger partial charge on any atom is -0.462 e. The van der Waals surface area contributed by atoms with E-state index in [0.29, 0.717) is 10.8 Å². The van der Waals surface area contributed by atoms with Gasteiger partial charge in [0.1, 0.15) is 6.10 Å². The lowest BCUT2D eigenvalue weighted by Crippen LogP contribution is -2.51. The van der Waals surface area contributed by atoms with E-state index in [-0.39, 0.29) is 18.0 Å². The summed E-state index contributed by atoms with van der Waals surface area (Å²) >= 11 is 0. The molecule has 198 valence electrons. The zero-order valence-corrected chi connectivity index (χ0v) is 23.6. The molecular weight excluding hydrogens is 428 g/mol. The number of hydrogen-bond acceptors (Lipinski definition) is 2. The highest BCUT2D eigenvalue weighted by molar-refractivity contribution is 5.73. The molecule has 0 aromatic carbocycles. The lowest BCUT2D eigenvalue weighted by molar-refractivity contribution is -0.156. The summed E-state index contributed by atoms with van der Waals surface area (Å²) in [6.45, 7) is 12.6. The van der Waals surface area contributed by atoms with Crippen molar-refractivity contribution in [3.63, 3.8) is 0 Å². The van der Waals surface area contributed by atoms with E-state index in [9.17, 15) is 4.79 Å². The molecule has 0 bridgehead atoms. The maximum Gasteiger partial charge on any atom is 0.309 e. The molecule has 5 aliphatic carbocycles. The van der Waals surface area contributed by atoms with Gasteiger partial charge in [-0.3, -0.25) is 4.79 Å². The van der Waals surface area contributed by atoms with Crippen molar-refractivity contribution in [2.45, 2.75) is 137 Å². The zero-order chi connectivity index (χ0) is 24.8. The Balaban J connectivity index is 1.24. The number of carbonyl (C=O) groups excluding carboxylic acids is 1. The summed E-state index contributed by atoms with van der Waals surface area (Å²) in [5, 5.41) is 0. The van der Waals surface area contributed by atoms with Crippen LogP contribution in [0.25, 0.3) is 0 Å². The topological polar surface area (TPSA) is 26.3 Å². The Morgan fingerprint density at radius 2 is 1.74 bits per heavy atom. The molecule has 0 unspecified atom stereocenters. The summed E-state index contributed by atoms with van der Waals surface area (Å²) in [4.78, 5) is 12.7. The van der Waals surface area contributed by atoms with Gasteiger partial charge in [-0.05, 0) is 104 Å². The van der Waals surface area contributed by atoms with Gasteiger partial charge in [0.05, 0.1) is 5.92 Å². The summed E-state index contributed by atoms with van der Waals surface area (Å²) in [6.07, 6.45) is 21.9. The average molecular weight is 483 g/mol. The highest BCUT2D eigenvalue weighted by Gasteiger charge is 2.59. The quantitative estimate of drug-likeness (QED) is 0.267. The molecule has 0 heterocycles. The van der Waals surface area contributed by atoms with Crippen LogP contribution in [0.2, 0.25) is 0 Å². The van der Waals surface area contributed by atoms with Crippen LogP contribution in [0.3, 0.4) is 0 Å². The van der Waals surface area contributed by atoms with Crippen molar-refractivity contribution in [3.05, 3.63) is 11.6 Å². The van der Waals surface area contributed by atoms with E-state index in [0.717, 1.165) is 61.2 Å². The molecule has 4 fully saturated rings. The number of esters is 1. The van der Waals surface area contributed by atoms with E-state index >= 15 is 0 Å². The number of fused-ring (bicyclic) bond motifs is 5. The summed E-state index contributed by atoms with van der Waals surface area (Å²) in [7, 11) is 0. The molecular formula is C33H54O2. The Hall–Kier alpha value is -0.790. The van der Waals surface area contributed by atoms with E-state index in [2.05, 4.69) is 40.7 Å². The molecule has 0 aliphatic heterocycles. The maximum absolute atomic E-state index is 12.7. The SMILES string of the molecule is CC(C)CCC[C@@H](C)[C@H]1CC[C@H]2[C@@H]3CC=C4C[C@H](OC(=O)C5CCCC5)CC[C@]4(C)[C@H]3CC[C@]12C. The summed E-state index contributed by atoms with van der Waals surface area (Å²) < 4.78 is 6.10. The van der Waals surface area contributed by atoms with Crippen molar-refractivity contribution in [3.8, 4) is 0 Å². The van der Waals surface area contributed by atoms with Crippen LogP contribution in [0.5, 0.6) is 0 Å². The van der Waals surface area contributed by atoms with Crippen molar-refractivity contribution in [1.29, 1.82) is 0 Å². The maximum atomic E-state index is 12.7. The van der Waals surface area contributed by atoms with Crippen LogP contribution >= 0.6 is 0 Å². The van der Waals surface area contributed by atoms with E-state index in [4.69, 9.17) is 4.74 Å². The molecule has 0 spiro atoms. The van der Waals surface area contributed by atoms with Gasteiger partial charge < -0.3 is 4.74 Å². The van der Waals surface area contributed by atoms with Crippen molar-refractivity contribution >= 4 is 5.97 Å². The summed E-state index contributed by atoms with van der Waals surface area (Å²) in [5.41, 5.74) is 2.56. The Morgan fingerprint density at radius 3 is 2.49 bits per heavy atom. The second kappa shape index (κ2) is 10.2. The molecule has 0 radical (unpaired) electrons. The van der Waals surface area contributed by atoms with Gasteiger partial charge in [0.2, 0.25) is 0 Å². The van der Waals surface area contributed by atoms with Gasteiger partial charge >= 0.3 is 5.97 Å². The fourth-order valence-electron chi connectivity index (χ4n) is 10.2. The first-order chi connectivity index (χ1) is 16.7. The normalized spacial score (nSPS) is 42.2. The molecule has 8 atom stereocenters. The predicted octanol–water partition coefficient (Wildman–Crippen LogP) is 9.13. The minimum atomic E-state index is 0.110. The second-order valence-electron chi connectivity index (χ2n) is 14.6. The van der Waals surface area contributed by atoms with Gasteiger partial charge in [0.15, 0.2) is 0 Å². The molecule has 35 heavy (non-hydrogen) atoms. The number of ether oxygens (including phenoxy) is 1. The lowest BCUT2D eigenvalue weighted by Gasteiger charge is -2.58. The van der Waals surface area contributed by atoms with Crippen LogP contribution in [-0.2, 0) is 9.53 Å². The van der Waals surface area contributed by atoms with Crippen LogP contribution in [0.15, 0.2) is 11.6 Å². The van der Waals surface area contributed by atoms with Crippen molar-refractivity contribution in [2.24, 2.45) is 52.3 Å². The van der Waals surface area contributed by atoms with Crippen LogP contribution in [0, 0.1) is 52.3 Å². The average Bonchev–Trinajstić information content (AvgIpc) is 3.47. The van der Waals surface area contributed by atoms with Gasteiger partial charge in [-0.15, -0.1) is 0 Å². The molecule has 2 heteroatoms. The number of hydrogen-bond donors (Lipinski definition) is 0. The third-order valence-corrected chi connectivity index (χ3v) is 12.2. The molecule has 0 aromatic rings. The molecule has 0 amide bonds. The zero-order valence-electron chi connectivity index (χ0n) is 23.6. The summed E-state index contributed by atoms with van der Waals surface area (Å²) in [6, 6.07) is 0. The van der Waals surface area contributed by atoms with Crippen molar-refractivity contribution in [1.82, 2.24) is 0 Å². The molecule has 0 aromatic heterocycles. The monoisotopic (exact) mass is 482 g/mol. The third-order valence-electron chi connectivity index (χ3n) is 12.2. The molecule has 0 saturated heterocycles. The first-order valence-corrected chi connectivity index (χ1v) is 15.6. The first kappa shape index (κ1) is 25.8. The van der Waals surface area contributed by atoms with E-state index in [1.807, 2.05) is 0 Å². The smallest absolute Gasteiger partial charge is 0.309 e. The Kier molecular flexibility index (Phi) is 7.51. The Bertz CT molecular complexity index is 791. The van der Waals surface area contributed by atoms with E-state index in [1.165, 1.54) is 70.6 Å². The minimum absolute atomic E-state index is 0.110. The largest absolute Gasteiger partial charge is 0.462 e.